The van der Waals surface area contributed by atoms with E-state index in [1.807, 2.05) is 84.4 Å². The molecule has 1 unspecified atom stereocenters. The molecular formula is C87H124ClF5N4. The molecule has 5 aromatic carbocycles. The summed E-state index contributed by atoms with van der Waals surface area (Å²) in [5.74, 6) is -4.76. The largest absolute Gasteiger partial charge is 0.286 e. The lowest BCUT2D eigenvalue weighted by molar-refractivity contribution is 0.0126. The van der Waals surface area contributed by atoms with Crippen molar-refractivity contribution >= 4 is 11.6 Å². The third-order valence-electron chi connectivity index (χ3n) is 15.9. The molecule has 0 saturated carbocycles. The van der Waals surface area contributed by atoms with Crippen LogP contribution in [0.2, 0.25) is 5.02 Å². The summed E-state index contributed by atoms with van der Waals surface area (Å²) in [7, 11) is 0. The van der Waals surface area contributed by atoms with Crippen molar-refractivity contribution in [2.75, 3.05) is 0 Å². The molecule has 1 atom stereocenters. The van der Waals surface area contributed by atoms with Crippen molar-refractivity contribution in [3.05, 3.63) is 259 Å². The zero-order valence-electron chi connectivity index (χ0n) is 65.7. The standard InChI is InChI=1S/C12H16F2.C12H17F.C11H15Cl.C11H15F2N.2C11H16.C10H15N.C9H14N2/c1-11(2,3)9-5-7-10(8-6-9)12(4,13)14;1-9(13)10-5-7-11(8-6-10)12(2,3)4;1-8-5-6-9(7-10(8)12)11(2,3)4;1-10(2,3)8-5-6-9(14-7-8)11(4,12)13;2*1-9-5-7-10(8-6-9)11(2,3)4;1-8-5-6-9(7-11-8)10(2,3)4;1-7-10-5-8(6-11-7)9(2,3)4/h5-8H,1-4H3;5-9H,1-4H3;5-7H,1-4H3;5-7H,1-4H3;2*5-8H,1-4H3;5-7H,1-4H3;5-6H,1-4H3. The van der Waals surface area contributed by atoms with Gasteiger partial charge >= 0.3 is 0 Å². The Balaban J connectivity index is 0.000000555. The number of hydrogen-bond acceptors (Lipinski definition) is 4. The molecule has 0 bridgehead atoms. The van der Waals surface area contributed by atoms with Crippen LogP contribution in [0.1, 0.15) is 283 Å². The van der Waals surface area contributed by atoms with Crippen molar-refractivity contribution in [2.24, 2.45) is 0 Å². The van der Waals surface area contributed by atoms with Crippen molar-refractivity contribution in [3.63, 3.8) is 0 Å². The molecule has 3 aromatic heterocycles. The van der Waals surface area contributed by atoms with E-state index in [0.29, 0.717) is 0 Å². The number of rotatable bonds is 3. The van der Waals surface area contributed by atoms with Gasteiger partial charge in [0.25, 0.3) is 11.8 Å². The molecule has 0 radical (unpaired) electrons. The van der Waals surface area contributed by atoms with Crippen LogP contribution in [0.25, 0.3) is 0 Å². The molecule has 0 spiro atoms. The Bertz CT molecular complexity index is 3150. The Labute approximate surface area is 592 Å². The van der Waals surface area contributed by atoms with Gasteiger partial charge in [-0.2, -0.15) is 8.78 Å². The minimum absolute atomic E-state index is 0.0154. The first-order chi connectivity index (χ1) is 43.7. The molecule has 0 N–H and O–H groups in total. The van der Waals surface area contributed by atoms with Gasteiger partial charge in [-0.05, 0) is 159 Å². The third kappa shape index (κ3) is 34.7. The highest BCUT2D eigenvalue weighted by Crippen LogP contribution is 2.32. The second-order valence-corrected chi connectivity index (χ2v) is 34.3. The van der Waals surface area contributed by atoms with Crippen molar-refractivity contribution in [2.45, 2.75) is 283 Å². The first-order valence-corrected chi connectivity index (χ1v) is 34.3. The third-order valence-corrected chi connectivity index (χ3v) is 16.3. The lowest BCUT2D eigenvalue weighted by Gasteiger charge is -2.20. The van der Waals surface area contributed by atoms with Crippen LogP contribution in [0, 0.1) is 34.6 Å². The van der Waals surface area contributed by atoms with Gasteiger partial charge in [-0.3, -0.25) is 9.97 Å². The van der Waals surface area contributed by atoms with E-state index in [1.165, 1.54) is 68.9 Å². The van der Waals surface area contributed by atoms with E-state index in [2.05, 4.69) is 258 Å². The maximum Gasteiger partial charge on any atom is 0.286 e. The lowest BCUT2D eigenvalue weighted by Crippen LogP contribution is -2.14. The maximum atomic E-state index is 12.9. The Morgan fingerprint density at radius 3 is 0.845 bits per heavy atom. The molecule has 0 aliphatic carbocycles. The highest BCUT2D eigenvalue weighted by molar-refractivity contribution is 6.31. The Kier molecular flexibility index (Phi) is 33.3. The molecule has 0 saturated heterocycles. The van der Waals surface area contributed by atoms with E-state index in [4.69, 9.17) is 11.6 Å². The summed E-state index contributed by atoms with van der Waals surface area (Å²) in [5.41, 5.74) is 16.7. The van der Waals surface area contributed by atoms with Crippen LogP contribution in [0.3, 0.4) is 0 Å². The average Bonchev–Trinajstić information content (AvgIpc) is 0.880. The van der Waals surface area contributed by atoms with Gasteiger partial charge in [0.2, 0.25) is 0 Å². The van der Waals surface area contributed by atoms with Crippen LogP contribution in [-0.2, 0) is 55.2 Å². The van der Waals surface area contributed by atoms with Gasteiger partial charge in [0.15, 0.2) is 0 Å². The Morgan fingerprint density at radius 1 is 0.299 bits per heavy atom. The van der Waals surface area contributed by atoms with Crippen molar-refractivity contribution < 1.29 is 22.0 Å². The quantitative estimate of drug-likeness (QED) is 0.165. The normalized spacial score (nSPS) is 12.4. The number of aryl methyl sites for hydroxylation is 5. The number of aromatic nitrogens is 4. The van der Waals surface area contributed by atoms with Crippen LogP contribution in [-0.4, -0.2) is 19.9 Å². The van der Waals surface area contributed by atoms with Gasteiger partial charge in [0.05, 0.1) is 0 Å². The molecule has 0 amide bonds. The Morgan fingerprint density at radius 2 is 0.577 bits per heavy atom. The smallest absolute Gasteiger partial charge is 0.261 e. The molecule has 8 rings (SSSR count). The second-order valence-electron chi connectivity index (χ2n) is 33.9. The van der Waals surface area contributed by atoms with Crippen molar-refractivity contribution in [1.29, 1.82) is 0 Å². The van der Waals surface area contributed by atoms with Crippen LogP contribution in [0.15, 0.2) is 164 Å². The molecule has 0 aliphatic heterocycles. The number of pyridine rings is 2. The molecule has 534 valence electrons. The number of halogens is 6. The van der Waals surface area contributed by atoms with E-state index in [0.717, 1.165) is 52.6 Å². The van der Waals surface area contributed by atoms with E-state index in [-0.39, 0.29) is 54.6 Å². The molecule has 97 heavy (non-hydrogen) atoms. The summed E-state index contributed by atoms with van der Waals surface area (Å²) in [6.45, 7) is 65.2. The summed E-state index contributed by atoms with van der Waals surface area (Å²) in [6.07, 6.45) is 6.39. The zero-order chi connectivity index (χ0) is 75.3. The molecule has 10 heteroatoms. The fraction of sp³-hybridized carbons (Fsp3) is 0.494. The van der Waals surface area contributed by atoms with Gasteiger partial charge in [0, 0.05) is 54.9 Å². The molecule has 0 aliphatic rings. The van der Waals surface area contributed by atoms with E-state index < -0.39 is 18.0 Å². The summed E-state index contributed by atoms with van der Waals surface area (Å²) < 4.78 is 64.3. The minimum Gasteiger partial charge on any atom is -0.261 e. The van der Waals surface area contributed by atoms with Gasteiger partial charge < -0.3 is 0 Å². The highest BCUT2D eigenvalue weighted by atomic mass is 35.5. The highest BCUT2D eigenvalue weighted by Gasteiger charge is 2.27. The Hall–Kier alpha value is -6.58. The van der Waals surface area contributed by atoms with E-state index >= 15 is 0 Å². The van der Waals surface area contributed by atoms with Crippen molar-refractivity contribution in [1.82, 2.24) is 19.9 Å². The van der Waals surface area contributed by atoms with Crippen molar-refractivity contribution in [3.8, 4) is 0 Å². The fourth-order valence-electron chi connectivity index (χ4n) is 8.47. The topological polar surface area (TPSA) is 51.6 Å². The SMILES string of the molecule is CC(C)(C)c1ccc(C(C)(F)F)cc1.CC(C)(C)c1ccc(C(C)(F)F)nc1.CC(F)c1ccc(C(C)(C)C)cc1.Cc1ccc(C(C)(C)C)cc1.Cc1ccc(C(C)(C)C)cc1.Cc1ccc(C(C)(C)C)cc1Cl.Cc1ccc(C(C)(C)C)cn1.Cc1ncc(C(C)(C)C)cn1. The molecular weight excluding hydrogens is 1230 g/mol. The molecule has 8 aromatic rings. The minimum atomic E-state index is -2.85. The summed E-state index contributed by atoms with van der Waals surface area (Å²) >= 11 is 6.02. The molecule has 3 heterocycles. The lowest BCUT2D eigenvalue weighted by atomic mass is 9.86. The van der Waals surface area contributed by atoms with E-state index in [9.17, 15) is 22.0 Å². The summed E-state index contributed by atoms with van der Waals surface area (Å²) in [5, 5.41) is 0.863. The summed E-state index contributed by atoms with van der Waals surface area (Å²) in [6, 6.07) is 45.3. The van der Waals surface area contributed by atoms with Crippen LogP contribution < -0.4 is 0 Å². The number of nitrogens with zero attached hydrogens (tertiary/aromatic N) is 4. The molecule has 4 nitrogen and oxygen atoms in total. The maximum absolute atomic E-state index is 12.9. The first kappa shape index (κ1) is 88.4. The van der Waals surface area contributed by atoms with Crippen LogP contribution in [0.5, 0.6) is 0 Å². The monoisotopic (exact) mass is 1350 g/mol. The fourth-order valence-corrected chi connectivity index (χ4v) is 8.65. The summed E-state index contributed by atoms with van der Waals surface area (Å²) in [4.78, 5) is 16.3. The van der Waals surface area contributed by atoms with Gasteiger partial charge in [-0.1, -0.05) is 310 Å². The van der Waals surface area contributed by atoms with Gasteiger partial charge in [-0.25, -0.2) is 23.1 Å². The average molecular weight is 1360 g/mol. The number of hydrogen-bond donors (Lipinski definition) is 0. The second kappa shape index (κ2) is 36.5. The van der Waals surface area contributed by atoms with Crippen LogP contribution in [0.4, 0.5) is 22.0 Å². The van der Waals surface area contributed by atoms with Gasteiger partial charge in [0.1, 0.15) is 17.7 Å². The number of benzene rings is 5. The van der Waals surface area contributed by atoms with Crippen LogP contribution >= 0.6 is 11.6 Å². The van der Waals surface area contributed by atoms with Gasteiger partial charge in [-0.15, -0.1) is 0 Å². The predicted octanol–water partition coefficient (Wildman–Crippen LogP) is 26.9. The zero-order valence-corrected chi connectivity index (χ0v) is 66.5. The van der Waals surface area contributed by atoms with E-state index in [1.54, 1.807) is 25.1 Å². The number of alkyl halides is 5. The molecule has 0 fully saturated rings. The first-order valence-electron chi connectivity index (χ1n) is 34.0. The predicted molar refractivity (Wildman–Crippen MR) is 410 cm³/mol.